The minimum Gasteiger partial charge on any atom is -0.497 e. The van der Waals surface area contributed by atoms with E-state index in [1.54, 1.807) is 19.3 Å². The van der Waals surface area contributed by atoms with Crippen LogP contribution in [0.5, 0.6) is 5.75 Å². The van der Waals surface area contributed by atoms with Gasteiger partial charge in [0.2, 0.25) is 0 Å². The molecule has 2 fully saturated rings. The van der Waals surface area contributed by atoms with Gasteiger partial charge < -0.3 is 24.6 Å². The Hall–Kier alpha value is -4.52. The molecule has 15 heteroatoms. The molecule has 4 aromatic rings. The number of methoxy groups -OCH3 is 2. The molecule has 0 bridgehead atoms. The minimum absolute atomic E-state index is 0.0818. The van der Waals surface area contributed by atoms with Gasteiger partial charge in [-0.05, 0) is 282 Å². The van der Waals surface area contributed by atoms with Gasteiger partial charge in [0.25, 0.3) is 0 Å². The van der Waals surface area contributed by atoms with Crippen LogP contribution in [-0.2, 0) is 9.47 Å². The summed E-state index contributed by atoms with van der Waals surface area (Å²) >= 11 is 0. The van der Waals surface area contributed by atoms with E-state index in [4.69, 9.17) is 14.2 Å². The van der Waals surface area contributed by atoms with Gasteiger partial charge in [0.05, 0.1) is 64.4 Å². The van der Waals surface area contributed by atoms with E-state index >= 15 is 0 Å². The van der Waals surface area contributed by atoms with Gasteiger partial charge in [-0.25, -0.2) is 5.06 Å². The molecule has 6 N–H and O–H groups in total. The predicted molar refractivity (Wildman–Crippen MR) is 380 cm³/mol. The molecule has 0 spiro atoms. The number of rotatable bonds is 20. The smallest absolute Gasteiger partial charge is 0.119 e. The third kappa shape index (κ3) is 25.0. The highest BCUT2D eigenvalue weighted by molar-refractivity contribution is 5.62. The largest absolute Gasteiger partial charge is 0.497 e. The molecule has 2 saturated heterocycles. The van der Waals surface area contributed by atoms with E-state index in [-0.39, 0.29) is 39.9 Å². The standard InChI is InChI=1S/C18H32N2O2.C17H21NO2.C15H31NO2.C14H23NO.C12H25NO2/c1-9-13(2)14-10-15(19(21)17(3,4)5)12-16(11-14)20(22)18(6,7)8;1-4-13(2)14-5-7-15(8-6-14)18(19)16-9-11-17(20-3)12-10-16;1-8-11(2)12(3)18-13-9-14(4,5)16(17)15(6,7)10-13;1-6-11(2)12-7-9-13(10-8-12)15(16)14(3,4)5;1-10(9-15-5)8-12(4)7-6-11(2,3)13(12)14/h10-13,21-22H,9H2,1-8H3;5-13,19H,4H2,1-3H3;11-13,17H,8-10H2,1-7H3;7-11,16H,6H2,1-5H3;10,14H,6-9H2,1-5H3. The molecule has 0 aromatic heterocycles. The second-order valence-corrected chi connectivity index (χ2v) is 31.4. The average molecular weight is 1270 g/mol. The second kappa shape index (κ2) is 35.3. The van der Waals surface area contributed by atoms with Crippen molar-refractivity contribution < 1.29 is 45.5 Å². The summed E-state index contributed by atoms with van der Waals surface area (Å²) in [5.74, 6) is 3.33. The van der Waals surface area contributed by atoms with Gasteiger partial charge in [0, 0.05) is 35.9 Å². The third-order valence-corrected chi connectivity index (χ3v) is 18.5. The third-order valence-electron chi connectivity index (χ3n) is 18.5. The SMILES string of the molecule is CCC(C)C(C)OC1CC(C)(C)N(O)C(C)(C)C1.CCC(C)c1cc(N(O)C(C)(C)C)cc(N(O)C(C)(C)C)c1.CCC(C)c1ccc(N(O)C(C)(C)C)cc1.CCC(C)c1ccc(N(O)c2ccc(OC)cc2)cc1.COCC(C)CC1(C)CCC(C)(C)N1O. The predicted octanol–water partition coefficient (Wildman–Crippen LogP) is 20.6. The summed E-state index contributed by atoms with van der Waals surface area (Å²) in [6.07, 6.45) is 9.80. The van der Waals surface area contributed by atoms with Crippen LogP contribution in [-0.4, -0.2) is 113 Å². The Bertz CT molecular complexity index is 2630. The van der Waals surface area contributed by atoms with Crippen molar-refractivity contribution in [3.8, 4) is 5.75 Å². The molecule has 520 valence electrons. The number of hydrogen-bond donors (Lipinski definition) is 6. The molecular formula is C76H132N6O9. The minimum atomic E-state index is -0.409. The lowest BCUT2D eigenvalue weighted by molar-refractivity contribution is -0.265. The number of hydroxylamine groups is 7. The summed E-state index contributed by atoms with van der Waals surface area (Å²) < 4.78 is 16.5. The molecule has 0 aliphatic carbocycles. The highest BCUT2D eigenvalue weighted by Crippen LogP contribution is 2.43. The zero-order chi connectivity index (χ0) is 70.0. The lowest BCUT2D eigenvalue weighted by atomic mass is 9.80. The lowest BCUT2D eigenvalue weighted by Gasteiger charge is -2.51. The summed E-state index contributed by atoms with van der Waals surface area (Å²) in [4.78, 5) is 0. The average Bonchev–Trinajstić information content (AvgIpc) is 1.78. The number of anilines is 5. The van der Waals surface area contributed by atoms with Crippen molar-refractivity contribution in [2.24, 2.45) is 11.8 Å². The van der Waals surface area contributed by atoms with Crippen LogP contribution >= 0.6 is 0 Å². The number of ether oxygens (including phenoxy) is 3. The van der Waals surface area contributed by atoms with Crippen LogP contribution in [0.25, 0.3) is 0 Å². The Labute approximate surface area is 554 Å². The van der Waals surface area contributed by atoms with Gasteiger partial charge in [0.1, 0.15) is 5.75 Å². The zero-order valence-corrected chi connectivity index (χ0v) is 62.4. The molecule has 6 rings (SSSR count). The van der Waals surface area contributed by atoms with Crippen molar-refractivity contribution in [3.05, 3.63) is 108 Å². The molecule has 15 nitrogen and oxygen atoms in total. The van der Waals surface area contributed by atoms with Gasteiger partial charge in [-0.3, -0.25) is 36.0 Å². The number of benzene rings is 4. The number of hydrogen-bond acceptors (Lipinski definition) is 15. The number of piperidine rings is 1. The van der Waals surface area contributed by atoms with E-state index in [0.717, 1.165) is 87.1 Å². The van der Waals surface area contributed by atoms with Crippen LogP contribution in [0.3, 0.4) is 0 Å². The van der Waals surface area contributed by atoms with Crippen molar-refractivity contribution in [2.45, 2.75) is 307 Å². The van der Waals surface area contributed by atoms with Crippen molar-refractivity contribution in [1.82, 2.24) is 10.1 Å². The first-order chi connectivity index (χ1) is 41.8. The van der Waals surface area contributed by atoms with Crippen molar-refractivity contribution >= 4 is 28.4 Å². The van der Waals surface area contributed by atoms with Gasteiger partial charge >= 0.3 is 0 Å². The Kier molecular flexibility index (Phi) is 32.0. The van der Waals surface area contributed by atoms with E-state index in [2.05, 4.69) is 142 Å². The van der Waals surface area contributed by atoms with Gasteiger partial charge in [-0.2, -0.15) is 10.1 Å². The van der Waals surface area contributed by atoms with E-state index in [9.17, 15) is 31.2 Å². The van der Waals surface area contributed by atoms with E-state index in [1.165, 1.54) is 36.4 Å². The first-order valence-electron chi connectivity index (χ1n) is 33.9. The monoisotopic (exact) mass is 1270 g/mol. The topological polar surface area (TPSA) is 169 Å². The molecule has 0 radical (unpaired) electrons. The van der Waals surface area contributed by atoms with Crippen LogP contribution in [0.1, 0.15) is 272 Å². The maximum Gasteiger partial charge on any atom is 0.119 e. The molecule has 7 unspecified atom stereocenters. The van der Waals surface area contributed by atoms with E-state index < -0.39 is 11.1 Å². The summed E-state index contributed by atoms with van der Waals surface area (Å²) in [5, 5.41) is 69.7. The summed E-state index contributed by atoms with van der Waals surface area (Å²) in [6, 6.07) is 29.3. The maximum absolute atomic E-state index is 10.5. The summed E-state index contributed by atoms with van der Waals surface area (Å²) in [6.45, 7) is 54.9. The molecule has 2 aliphatic heterocycles. The fourth-order valence-corrected chi connectivity index (χ4v) is 11.6. The van der Waals surface area contributed by atoms with Crippen LogP contribution in [0.15, 0.2) is 91.0 Å². The summed E-state index contributed by atoms with van der Waals surface area (Å²) in [7, 11) is 3.35. The van der Waals surface area contributed by atoms with E-state index in [0.29, 0.717) is 46.7 Å². The van der Waals surface area contributed by atoms with Gasteiger partial charge in [-0.1, -0.05) is 93.0 Å². The molecule has 0 saturated carbocycles. The summed E-state index contributed by atoms with van der Waals surface area (Å²) in [5.41, 5.74) is 5.75. The van der Waals surface area contributed by atoms with Crippen LogP contribution < -0.4 is 25.0 Å². The van der Waals surface area contributed by atoms with Crippen LogP contribution in [0.2, 0.25) is 0 Å². The van der Waals surface area contributed by atoms with Gasteiger partial charge in [0.15, 0.2) is 0 Å². The van der Waals surface area contributed by atoms with Gasteiger partial charge in [-0.15, -0.1) is 0 Å². The maximum atomic E-state index is 10.5. The molecular weight excluding hydrogens is 1140 g/mol. The Morgan fingerprint density at radius 2 is 0.857 bits per heavy atom. The van der Waals surface area contributed by atoms with Crippen molar-refractivity contribution in [1.29, 1.82) is 0 Å². The fraction of sp³-hybridized carbons (Fsp3) is 0.684. The van der Waals surface area contributed by atoms with Crippen LogP contribution in [0.4, 0.5) is 28.4 Å². The van der Waals surface area contributed by atoms with Crippen molar-refractivity contribution in [3.63, 3.8) is 0 Å². The number of nitrogens with zero attached hydrogens (tertiary/aromatic N) is 6. The van der Waals surface area contributed by atoms with E-state index in [1.807, 2.05) is 129 Å². The Balaban J connectivity index is 0.000000390. The Morgan fingerprint density at radius 1 is 0.484 bits per heavy atom. The fourth-order valence-electron chi connectivity index (χ4n) is 11.6. The molecule has 0 amide bonds. The molecule has 91 heavy (non-hydrogen) atoms. The molecule has 2 aliphatic rings. The first kappa shape index (κ1) is 82.6. The molecule has 2 heterocycles. The molecule has 4 aromatic carbocycles. The van der Waals surface area contributed by atoms with Crippen molar-refractivity contribution in [2.75, 3.05) is 41.1 Å². The quantitative estimate of drug-likeness (QED) is 0.0462. The highest BCUT2D eigenvalue weighted by atomic mass is 16.5. The molecule has 7 atom stereocenters. The zero-order valence-electron chi connectivity index (χ0n) is 62.4. The van der Waals surface area contributed by atoms with Crippen LogP contribution in [0, 0.1) is 11.8 Å². The first-order valence-corrected chi connectivity index (χ1v) is 33.9. The Morgan fingerprint density at radius 3 is 1.20 bits per heavy atom. The second-order valence-electron chi connectivity index (χ2n) is 31.4. The highest BCUT2D eigenvalue weighted by Gasteiger charge is 2.48. The lowest BCUT2D eigenvalue weighted by Crippen LogP contribution is -2.60. The normalized spacial score (nSPS) is 19.4.